The fourth-order valence-corrected chi connectivity index (χ4v) is 4.36. The maximum Gasteiger partial charge on any atom is 0.295 e. The van der Waals surface area contributed by atoms with Crippen molar-refractivity contribution in [3.63, 3.8) is 0 Å². The Morgan fingerprint density at radius 2 is 1.57 bits per heavy atom. The molecule has 7 heteroatoms. The van der Waals surface area contributed by atoms with Gasteiger partial charge in [-0.2, -0.15) is 0 Å². The molecule has 0 saturated carbocycles. The van der Waals surface area contributed by atoms with Crippen LogP contribution < -0.4 is 9.47 Å². The molecule has 0 bridgehead atoms. The Bertz CT molecular complexity index is 1240. The third-order valence-electron chi connectivity index (χ3n) is 6.23. The van der Waals surface area contributed by atoms with Crippen LogP contribution in [0.5, 0.6) is 11.5 Å². The summed E-state index contributed by atoms with van der Waals surface area (Å²) < 4.78 is 10.9. The van der Waals surface area contributed by atoms with E-state index in [0.29, 0.717) is 17.4 Å². The minimum Gasteiger partial charge on any atom is -0.506 e. The Labute approximate surface area is 204 Å². The van der Waals surface area contributed by atoms with Gasteiger partial charge in [-0.1, -0.05) is 44.2 Å². The Morgan fingerprint density at radius 3 is 2.11 bits per heavy atom. The average molecular weight is 473 g/mol. The number of amides is 1. The van der Waals surface area contributed by atoms with Crippen LogP contribution in [-0.4, -0.2) is 40.9 Å². The van der Waals surface area contributed by atoms with Crippen LogP contribution in [0.3, 0.4) is 0 Å². The first-order valence-electron chi connectivity index (χ1n) is 11.4. The van der Waals surface area contributed by atoms with Gasteiger partial charge in [0, 0.05) is 18.9 Å². The predicted octanol–water partition coefficient (Wildman–Crippen LogP) is 4.84. The third-order valence-corrected chi connectivity index (χ3v) is 6.23. The molecule has 1 unspecified atom stereocenters. The van der Waals surface area contributed by atoms with Crippen LogP contribution in [0, 0.1) is 0 Å². The highest BCUT2D eigenvalue weighted by Gasteiger charge is 2.46. The molecule has 4 rings (SSSR count). The maximum atomic E-state index is 13.4. The number of aliphatic hydroxyl groups is 1. The molecular weight excluding hydrogens is 444 g/mol. The number of hydrogen-bond acceptors (Lipinski definition) is 6. The Hall–Kier alpha value is -4.13. The summed E-state index contributed by atoms with van der Waals surface area (Å²) >= 11 is 0. The summed E-state index contributed by atoms with van der Waals surface area (Å²) in [7, 11) is 2.94. The van der Waals surface area contributed by atoms with E-state index < -0.39 is 17.7 Å². The monoisotopic (exact) mass is 472 g/mol. The van der Waals surface area contributed by atoms with Crippen LogP contribution in [-0.2, 0) is 16.1 Å². The molecule has 0 radical (unpaired) electrons. The molecule has 1 aromatic heterocycles. The van der Waals surface area contributed by atoms with E-state index in [1.807, 2.05) is 24.3 Å². The summed E-state index contributed by atoms with van der Waals surface area (Å²) in [5, 5.41) is 11.5. The molecule has 1 aliphatic rings. The lowest BCUT2D eigenvalue weighted by molar-refractivity contribution is -0.140. The van der Waals surface area contributed by atoms with Crippen LogP contribution in [0.2, 0.25) is 0 Å². The SMILES string of the molecule is COc1cccc(OC)c1/C(O)=C1\C(=O)C(=O)N(Cc2ccncc2)C1c1ccc(C(C)C)cc1. The molecule has 1 atom stereocenters. The molecule has 35 heavy (non-hydrogen) atoms. The summed E-state index contributed by atoms with van der Waals surface area (Å²) in [5.74, 6) is -0.803. The predicted molar refractivity (Wildman–Crippen MR) is 132 cm³/mol. The van der Waals surface area contributed by atoms with Crippen LogP contribution in [0.25, 0.3) is 5.76 Å². The fraction of sp³-hybridized carbons (Fsp3) is 0.250. The topological polar surface area (TPSA) is 89.0 Å². The number of methoxy groups -OCH3 is 2. The molecule has 2 heterocycles. The van der Waals surface area contributed by atoms with Crippen molar-refractivity contribution in [1.82, 2.24) is 9.88 Å². The summed E-state index contributed by atoms with van der Waals surface area (Å²) in [6.45, 7) is 4.38. The number of rotatable bonds is 7. The van der Waals surface area contributed by atoms with Gasteiger partial charge < -0.3 is 19.5 Å². The van der Waals surface area contributed by atoms with Crippen molar-refractivity contribution in [2.45, 2.75) is 32.4 Å². The standard InChI is InChI=1S/C28H28N2O5/c1-17(2)19-8-10-20(11-9-19)25-24(26(31)23-21(34-3)6-5-7-22(23)35-4)27(32)28(33)30(25)16-18-12-14-29-15-13-18/h5-15,17,25,31H,16H2,1-4H3/b26-24+. The quantitative estimate of drug-likeness (QED) is 0.301. The van der Waals surface area contributed by atoms with Gasteiger partial charge in [0.1, 0.15) is 22.8 Å². The number of Topliss-reactive ketones (excluding diaryl/α,β-unsaturated/α-hetero) is 1. The van der Waals surface area contributed by atoms with Crippen LogP contribution >= 0.6 is 0 Å². The van der Waals surface area contributed by atoms with Gasteiger partial charge in [0.25, 0.3) is 11.7 Å². The van der Waals surface area contributed by atoms with Crippen molar-refractivity contribution in [3.8, 4) is 11.5 Å². The number of likely N-dealkylation sites (tertiary alicyclic amines) is 1. The van der Waals surface area contributed by atoms with E-state index in [0.717, 1.165) is 16.7 Å². The summed E-state index contributed by atoms with van der Waals surface area (Å²) in [5.41, 5.74) is 2.89. The second-order valence-electron chi connectivity index (χ2n) is 8.64. The molecule has 1 fully saturated rings. The molecule has 1 amide bonds. The zero-order chi connectivity index (χ0) is 25.1. The molecular formula is C28H28N2O5. The van der Waals surface area contributed by atoms with E-state index in [4.69, 9.17) is 9.47 Å². The number of pyridine rings is 1. The lowest BCUT2D eigenvalue weighted by atomic mass is 9.92. The maximum absolute atomic E-state index is 13.4. The Kier molecular flexibility index (Phi) is 6.87. The number of carbonyl (C=O) groups excluding carboxylic acids is 2. The van der Waals surface area contributed by atoms with Crippen molar-refractivity contribution < 1.29 is 24.2 Å². The van der Waals surface area contributed by atoms with E-state index in [2.05, 4.69) is 18.8 Å². The van der Waals surface area contributed by atoms with Gasteiger partial charge in [-0.3, -0.25) is 14.6 Å². The van der Waals surface area contributed by atoms with Gasteiger partial charge in [0.15, 0.2) is 0 Å². The Balaban J connectivity index is 1.92. The molecule has 2 aromatic carbocycles. The van der Waals surface area contributed by atoms with E-state index in [9.17, 15) is 14.7 Å². The largest absolute Gasteiger partial charge is 0.506 e. The normalized spacial score (nSPS) is 17.2. The highest BCUT2D eigenvalue weighted by Crippen LogP contribution is 2.44. The van der Waals surface area contributed by atoms with Crippen molar-refractivity contribution >= 4 is 17.4 Å². The van der Waals surface area contributed by atoms with Gasteiger partial charge in [-0.15, -0.1) is 0 Å². The van der Waals surface area contributed by atoms with Crippen LogP contribution in [0.1, 0.15) is 48.1 Å². The van der Waals surface area contributed by atoms with Gasteiger partial charge in [-0.05, 0) is 46.9 Å². The molecule has 0 aliphatic carbocycles. The van der Waals surface area contributed by atoms with Gasteiger partial charge in [-0.25, -0.2) is 0 Å². The fourth-order valence-electron chi connectivity index (χ4n) is 4.36. The second-order valence-corrected chi connectivity index (χ2v) is 8.64. The summed E-state index contributed by atoms with van der Waals surface area (Å²) in [4.78, 5) is 32.2. The second kappa shape index (κ2) is 10.0. The molecule has 1 N–H and O–H groups in total. The highest BCUT2D eigenvalue weighted by molar-refractivity contribution is 6.46. The zero-order valence-corrected chi connectivity index (χ0v) is 20.2. The van der Waals surface area contributed by atoms with Gasteiger partial charge in [0.05, 0.1) is 25.8 Å². The minimum absolute atomic E-state index is 0.0100. The number of aliphatic hydroxyl groups excluding tert-OH is 1. The number of carbonyl (C=O) groups is 2. The molecule has 0 spiro atoms. The number of hydrogen-bond donors (Lipinski definition) is 1. The summed E-state index contributed by atoms with van der Waals surface area (Å²) in [6.07, 6.45) is 3.27. The van der Waals surface area contributed by atoms with Crippen molar-refractivity contribution in [3.05, 3.63) is 94.8 Å². The number of benzene rings is 2. The number of nitrogens with zero attached hydrogens (tertiary/aromatic N) is 2. The lowest BCUT2D eigenvalue weighted by Crippen LogP contribution is -2.29. The third kappa shape index (κ3) is 4.49. The zero-order valence-electron chi connectivity index (χ0n) is 20.2. The average Bonchev–Trinajstić information content (AvgIpc) is 3.13. The van der Waals surface area contributed by atoms with Crippen molar-refractivity contribution in [1.29, 1.82) is 0 Å². The van der Waals surface area contributed by atoms with E-state index in [1.54, 1.807) is 42.7 Å². The van der Waals surface area contributed by atoms with E-state index in [-0.39, 0.29) is 23.4 Å². The molecule has 180 valence electrons. The first-order valence-corrected chi connectivity index (χ1v) is 11.4. The minimum atomic E-state index is -0.793. The summed E-state index contributed by atoms with van der Waals surface area (Å²) in [6, 6.07) is 15.6. The van der Waals surface area contributed by atoms with E-state index in [1.165, 1.54) is 19.1 Å². The van der Waals surface area contributed by atoms with Crippen LogP contribution in [0.15, 0.2) is 72.6 Å². The Morgan fingerprint density at radius 1 is 0.971 bits per heavy atom. The lowest BCUT2D eigenvalue weighted by Gasteiger charge is -2.26. The number of ketones is 1. The first-order chi connectivity index (χ1) is 16.9. The molecule has 1 saturated heterocycles. The smallest absolute Gasteiger partial charge is 0.295 e. The highest BCUT2D eigenvalue weighted by atomic mass is 16.5. The molecule has 7 nitrogen and oxygen atoms in total. The van der Waals surface area contributed by atoms with Gasteiger partial charge in [0.2, 0.25) is 0 Å². The van der Waals surface area contributed by atoms with E-state index >= 15 is 0 Å². The molecule has 3 aromatic rings. The van der Waals surface area contributed by atoms with Gasteiger partial charge >= 0.3 is 0 Å². The van der Waals surface area contributed by atoms with Crippen molar-refractivity contribution in [2.24, 2.45) is 0 Å². The molecule has 1 aliphatic heterocycles. The van der Waals surface area contributed by atoms with Crippen molar-refractivity contribution in [2.75, 3.05) is 14.2 Å². The number of ether oxygens (including phenoxy) is 2. The first kappa shape index (κ1) is 24.0. The van der Waals surface area contributed by atoms with Crippen LogP contribution in [0.4, 0.5) is 0 Å². The number of aromatic nitrogens is 1.